The van der Waals surface area contributed by atoms with E-state index >= 15 is 0 Å². The fourth-order valence-electron chi connectivity index (χ4n) is 6.56. The summed E-state index contributed by atoms with van der Waals surface area (Å²) in [6.45, 7) is 3.90. The molecule has 1 saturated heterocycles. The number of anilines is 4. The average molecular weight is 620 g/mol. The normalized spacial score (nSPS) is 14.3. The van der Waals surface area contributed by atoms with Crippen LogP contribution in [-0.2, 0) is 6.54 Å². The van der Waals surface area contributed by atoms with Crippen LogP contribution in [0.2, 0.25) is 0 Å². The summed E-state index contributed by atoms with van der Waals surface area (Å²) in [6, 6.07) is 21.8. The summed E-state index contributed by atoms with van der Waals surface area (Å²) in [5.74, 6) is 2.51. The highest BCUT2D eigenvalue weighted by Crippen LogP contribution is 2.47. The van der Waals surface area contributed by atoms with Gasteiger partial charge in [-0.1, -0.05) is 35.5 Å². The van der Waals surface area contributed by atoms with Crippen molar-refractivity contribution in [3.05, 3.63) is 83.4 Å². The predicted octanol–water partition coefficient (Wildman–Crippen LogP) is 6.20. The zero-order valence-electron chi connectivity index (χ0n) is 26.7. The lowest BCUT2D eigenvalue weighted by atomic mass is 9.86. The van der Waals surface area contributed by atoms with Crippen LogP contribution in [-0.4, -0.2) is 77.4 Å². The second kappa shape index (κ2) is 11.9. The molecule has 2 aliphatic rings. The van der Waals surface area contributed by atoms with E-state index < -0.39 is 0 Å². The Balaban J connectivity index is 1.22. The van der Waals surface area contributed by atoms with E-state index in [-0.39, 0.29) is 5.78 Å². The van der Waals surface area contributed by atoms with Crippen molar-refractivity contribution in [3.8, 4) is 28.6 Å². The number of methoxy groups -OCH3 is 3. The summed E-state index contributed by atoms with van der Waals surface area (Å²) in [7, 11) is 8.93. The van der Waals surface area contributed by atoms with E-state index in [0.717, 1.165) is 65.4 Å². The summed E-state index contributed by atoms with van der Waals surface area (Å²) in [5.41, 5.74) is 7.39. The molecular formula is C36H37N5O5. The molecule has 5 aromatic rings. The number of benzene rings is 4. The smallest absolute Gasteiger partial charge is 0.203 e. The SMILES string of the molecule is COc1ccc(CN2CCN(c3cc(Nc4ccc(N(C)C)cc4)c4c5c(onc35)-c3ccccc3C4=O)CC2)c(OC)c1OC. The summed E-state index contributed by atoms with van der Waals surface area (Å²) in [5, 5.41) is 8.89. The predicted molar refractivity (Wildman–Crippen MR) is 181 cm³/mol. The van der Waals surface area contributed by atoms with E-state index in [1.165, 1.54) is 0 Å². The van der Waals surface area contributed by atoms with E-state index in [0.29, 0.717) is 46.2 Å². The molecule has 0 bridgehead atoms. The highest BCUT2D eigenvalue weighted by Gasteiger charge is 2.34. The summed E-state index contributed by atoms with van der Waals surface area (Å²) in [6.07, 6.45) is 0. The molecule has 0 unspecified atom stereocenters. The van der Waals surface area contributed by atoms with Gasteiger partial charge in [0.05, 0.1) is 43.7 Å². The van der Waals surface area contributed by atoms with Gasteiger partial charge in [0.15, 0.2) is 23.0 Å². The summed E-state index contributed by atoms with van der Waals surface area (Å²) >= 11 is 0. The lowest BCUT2D eigenvalue weighted by molar-refractivity contribution is 0.104. The van der Waals surface area contributed by atoms with Gasteiger partial charge in [-0.05, 0) is 36.4 Å². The number of rotatable bonds is 9. The maximum atomic E-state index is 14.0. The molecule has 46 heavy (non-hydrogen) atoms. The molecule has 4 aromatic carbocycles. The molecular weight excluding hydrogens is 582 g/mol. The number of fused-ring (bicyclic) bond motifs is 2. The molecule has 7 rings (SSSR count). The number of ether oxygens (including phenoxy) is 3. The standard InChI is InChI=1S/C36H37N5O5/c1-39(2)24-13-11-23(12-14-24)37-27-20-28(32-31-30(27)33(42)25-8-6-7-9-26(25)35(31)46-38-32)41-18-16-40(17-19-41)21-22-10-15-29(43-3)36(45-5)34(22)44-4/h6-15,20,37H,16-19,21H2,1-5H3. The van der Waals surface area contributed by atoms with Crippen LogP contribution in [0.15, 0.2) is 71.3 Å². The number of hydrogen-bond acceptors (Lipinski definition) is 10. The first-order valence-electron chi connectivity index (χ1n) is 15.3. The Morgan fingerprint density at radius 3 is 2.26 bits per heavy atom. The molecule has 0 saturated carbocycles. The number of carbonyl (C=O) groups excluding carboxylic acids is 1. The van der Waals surface area contributed by atoms with Crippen molar-refractivity contribution in [2.45, 2.75) is 6.54 Å². The van der Waals surface area contributed by atoms with Crippen LogP contribution in [0.1, 0.15) is 21.5 Å². The minimum atomic E-state index is -0.0380. The zero-order chi connectivity index (χ0) is 31.9. The number of nitrogens with zero attached hydrogens (tertiary/aromatic N) is 4. The number of nitrogens with one attached hydrogen (secondary N) is 1. The fraction of sp³-hybridized carbons (Fsp3) is 0.278. The minimum Gasteiger partial charge on any atom is -0.493 e. The topological polar surface area (TPSA) is 92.5 Å². The van der Waals surface area contributed by atoms with Gasteiger partial charge >= 0.3 is 0 Å². The molecule has 1 N–H and O–H groups in total. The number of aromatic nitrogens is 1. The van der Waals surface area contributed by atoms with E-state index in [1.54, 1.807) is 21.3 Å². The third kappa shape index (κ3) is 4.95. The van der Waals surface area contributed by atoms with Crippen LogP contribution in [0.3, 0.4) is 0 Å². The third-order valence-corrected chi connectivity index (χ3v) is 8.93. The number of carbonyl (C=O) groups is 1. The Hall–Kier alpha value is -5.22. The fourth-order valence-corrected chi connectivity index (χ4v) is 6.56. The van der Waals surface area contributed by atoms with Gasteiger partial charge in [0.2, 0.25) is 5.75 Å². The van der Waals surface area contributed by atoms with E-state index in [4.69, 9.17) is 18.7 Å². The Labute approximate surface area is 268 Å². The molecule has 0 radical (unpaired) electrons. The van der Waals surface area contributed by atoms with E-state index in [9.17, 15) is 4.79 Å². The van der Waals surface area contributed by atoms with Crippen molar-refractivity contribution in [3.63, 3.8) is 0 Å². The molecule has 236 valence electrons. The highest BCUT2D eigenvalue weighted by atomic mass is 16.5. The minimum absolute atomic E-state index is 0.0380. The van der Waals surface area contributed by atoms with Crippen molar-refractivity contribution >= 4 is 39.4 Å². The first-order valence-corrected chi connectivity index (χ1v) is 15.3. The molecule has 0 spiro atoms. The van der Waals surface area contributed by atoms with Crippen LogP contribution < -0.4 is 29.3 Å². The lowest BCUT2D eigenvalue weighted by Gasteiger charge is -2.36. The summed E-state index contributed by atoms with van der Waals surface area (Å²) in [4.78, 5) is 20.8. The Morgan fingerprint density at radius 2 is 1.59 bits per heavy atom. The molecule has 1 aliphatic carbocycles. The third-order valence-electron chi connectivity index (χ3n) is 8.93. The van der Waals surface area contributed by atoms with Gasteiger partial charge in [-0.3, -0.25) is 9.69 Å². The van der Waals surface area contributed by atoms with Gasteiger partial charge in [0.1, 0.15) is 5.52 Å². The van der Waals surface area contributed by atoms with Crippen molar-refractivity contribution in [2.24, 2.45) is 0 Å². The van der Waals surface area contributed by atoms with Crippen LogP contribution in [0.25, 0.3) is 22.2 Å². The first-order chi connectivity index (χ1) is 22.4. The van der Waals surface area contributed by atoms with Crippen molar-refractivity contribution in [1.29, 1.82) is 0 Å². The molecule has 1 aliphatic heterocycles. The second-order valence-electron chi connectivity index (χ2n) is 11.8. The first kappa shape index (κ1) is 29.5. The number of ketones is 1. The Morgan fingerprint density at radius 1 is 0.870 bits per heavy atom. The van der Waals surface area contributed by atoms with Gasteiger partial charge < -0.3 is 33.9 Å². The van der Waals surface area contributed by atoms with Crippen molar-refractivity contribution < 1.29 is 23.5 Å². The van der Waals surface area contributed by atoms with Gasteiger partial charge in [-0.15, -0.1) is 0 Å². The van der Waals surface area contributed by atoms with Gasteiger partial charge in [0.25, 0.3) is 0 Å². The monoisotopic (exact) mass is 619 g/mol. The van der Waals surface area contributed by atoms with Gasteiger partial charge in [0, 0.05) is 74.9 Å². The molecule has 0 atom stereocenters. The van der Waals surface area contributed by atoms with E-state index in [1.807, 2.05) is 62.6 Å². The van der Waals surface area contributed by atoms with Gasteiger partial charge in [-0.25, -0.2) is 0 Å². The van der Waals surface area contributed by atoms with Crippen molar-refractivity contribution in [1.82, 2.24) is 10.1 Å². The number of hydrogen-bond donors (Lipinski definition) is 1. The summed E-state index contributed by atoms with van der Waals surface area (Å²) < 4.78 is 22.8. The zero-order valence-corrected chi connectivity index (χ0v) is 26.7. The maximum Gasteiger partial charge on any atom is 0.203 e. The van der Waals surface area contributed by atoms with E-state index in [2.05, 4.69) is 43.4 Å². The van der Waals surface area contributed by atoms with Crippen LogP contribution in [0, 0.1) is 0 Å². The highest BCUT2D eigenvalue weighted by molar-refractivity contribution is 6.28. The number of piperazine rings is 1. The van der Waals surface area contributed by atoms with Crippen molar-refractivity contribution in [2.75, 3.05) is 76.7 Å². The Kier molecular flexibility index (Phi) is 7.66. The second-order valence-corrected chi connectivity index (χ2v) is 11.8. The Bertz CT molecular complexity index is 1930. The van der Waals surface area contributed by atoms with Crippen LogP contribution in [0.5, 0.6) is 17.2 Å². The molecule has 1 aromatic heterocycles. The molecule has 2 heterocycles. The maximum absolute atomic E-state index is 14.0. The largest absolute Gasteiger partial charge is 0.493 e. The van der Waals surface area contributed by atoms with Crippen LogP contribution in [0.4, 0.5) is 22.7 Å². The average Bonchev–Trinajstić information content (AvgIpc) is 3.53. The molecule has 10 heteroatoms. The quantitative estimate of drug-likeness (QED) is 0.202. The van der Waals surface area contributed by atoms with Gasteiger partial charge in [-0.2, -0.15) is 0 Å². The molecule has 10 nitrogen and oxygen atoms in total. The lowest BCUT2D eigenvalue weighted by Crippen LogP contribution is -2.46. The molecule has 1 fully saturated rings. The molecule has 0 amide bonds. The van der Waals surface area contributed by atoms with Crippen LogP contribution >= 0.6 is 0 Å².